The largest absolute Gasteiger partial charge is 0.348 e. The van der Waals surface area contributed by atoms with Gasteiger partial charge in [0.25, 0.3) is 5.56 Å². The molecule has 0 fully saturated rings. The quantitative estimate of drug-likeness (QED) is 0.526. The van der Waals surface area contributed by atoms with Crippen molar-refractivity contribution in [2.45, 2.75) is 40.3 Å². The van der Waals surface area contributed by atoms with Crippen LogP contribution in [-0.2, 0) is 6.54 Å². The second-order valence-electron chi connectivity index (χ2n) is 8.76. The lowest BCUT2D eigenvalue weighted by molar-refractivity contribution is 0.343. The molecule has 1 atom stereocenters. The fourth-order valence-corrected chi connectivity index (χ4v) is 3.52. The maximum Gasteiger partial charge on any atom is 0.252 e. The van der Waals surface area contributed by atoms with Gasteiger partial charge < -0.3 is 5.32 Å². The molecule has 4 aromatic rings. The van der Waals surface area contributed by atoms with Crippen molar-refractivity contribution in [3.8, 4) is 0 Å². The number of rotatable bonds is 4. The highest BCUT2D eigenvalue weighted by atomic mass is 16.1. The van der Waals surface area contributed by atoms with Gasteiger partial charge in [-0.15, -0.1) is 0 Å². The molecule has 1 N–H and O–H groups in total. The van der Waals surface area contributed by atoms with Crippen molar-refractivity contribution in [1.29, 1.82) is 0 Å². The summed E-state index contributed by atoms with van der Waals surface area (Å²) in [5.41, 5.74) is 1.75. The minimum atomic E-state index is -0.0420. The molecule has 0 saturated carbocycles. The lowest BCUT2D eigenvalue weighted by Gasteiger charge is -2.21. The summed E-state index contributed by atoms with van der Waals surface area (Å²) in [5.74, 6) is 0.520. The molecule has 0 aliphatic carbocycles. The van der Waals surface area contributed by atoms with Gasteiger partial charge in [0.1, 0.15) is 5.65 Å². The molecule has 2 heterocycles. The molecule has 0 saturated heterocycles. The lowest BCUT2D eigenvalue weighted by atomic mass is 9.97. The van der Waals surface area contributed by atoms with Crippen LogP contribution in [0.4, 0.5) is 5.95 Å². The van der Waals surface area contributed by atoms with Crippen LogP contribution in [0, 0.1) is 5.41 Å². The van der Waals surface area contributed by atoms with Crippen LogP contribution in [0.5, 0.6) is 0 Å². The Balaban J connectivity index is 1.68. The first-order valence-corrected chi connectivity index (χ1v) is 9.92. The molecular weight excluding hydrogens is 360 g/mol. The number of hydrogen-bond donors (Lipinski definition) is 1. The fourth-order valence-electron chi connectivity index (χ4n) is 3.52. The fraction of sp³-hybridized carbons (Fsp3) is 0.292. The van der Waals surface area contributed by atoms with E-state index in [1.54, 1.807) is 22.9 Å². The van der Waals surface area contributed by atoms with Crippen molar-refractivity contribution in [2.24, 2.45) is 5.41 Å². The summed E-state index contributed by atoms with van der Waals surface area (Å²) in [6, 6.07) is 18.2. The van der Waals surface area contributed by atoms with E-state index in [2.05, 4.69) is 73.3 Å². The van der Waals surface area contributed by atoms with Gasteiger partial charge in [-0.1, -0.05) is 57.2 Å². The van der Waals surface area contributed by atoms with E-state index in [1.807, 2.05) is 12.1 Å². The van der Waals surface area contributed by atoms with Gasteiger partial charge in [-0.05, 0) is 40.8 Å². The Morgan fingerprint density at radius 2 is 1.72 bits per heavy atom. The molecule has 0 amide bonds. The maximum atomic E-state index is 12.5. The van der Waals surface area contributed by atoms with Crippen molar-refractivity contribution in [1.82, 2.24) is 14.5 Å². The first kappa shape index (κ1) is 19.1. The van der Waals surface area contributed by atoms with Crippen LogP contribution < -0.4 is 10.9 Å². The number of pyridine rings is 1. The molecule has 0 aliphatic rings. The SMILES string of the molecule is C[C@H](Nc1ncc2ccc(=O)n(CC(C)(C)C)c2n1)c1ccc2ccccc2c1. The maximum absolute atomic E-state index is 12.5. The van der Waals surface area contributed by atoms with Crippen LogP contribution in [0.1, 0.15) is 39.3 Å². The predicted molar refractivity (Wildman–Crippen MR) is 119 cm³/mol. The van der Waals surface area contributed by atoms with Crippen molar-refractivity contribution < 1.29 is 0 Å². The van der Waals surface area contributed by atoms with E-state index in [-0.39, 0.29) is 17.0 Å². The molecule has 0 spiro atoms. The molecule has 5 heteroatoms. The number of benzene rings is 2. The molecule has 29 heavy (non-hydrogen) atoms. The molecule has 2 aromatic carbocycles. The summed E-state index contributed by atoms with van der Waals surface area (Å²) in [6.45, 7) is 9.02. The number of nitrogens with one attached hydrogen (secondary N) is 1. The Hall–Kier alpha value is -3.21. The summed E-state index contributed by atoms with van der Waals surface area (Å²) < 4.78 is 1.74. The van der Waals surface area contributed by atoms with E-state index in [0.29, 0.717) is 18.1 Å². The molecular formula is C24H26N4O. The number of hydrogen-bond acceptors (Lipinski definition) is 4. The lowest BCUT2D eigenvalue weighted by Crippen LogP contribution is -2.27. The minimum absolute atomic E-state index is 0.0311. The third-order valence-electron chi connectivity index (χ3n) is 4.97. The van der Waals surface area contributed by atoms with Gasteiger partial charge in [0.05, 0.1) is 6.04 Å². The van der Waals surface area contributed by atoms with E-state index in [4.69, 9.17) is 0 Å². The number of nitrogens with zero attached hydrogens (tertiary/aromatic N) is 3. The van der Waals surface area contributed by atoms with E-state index in [0.717, 1.165) is 10.9 Å². The summed E-state index contributed by atoms with van der Waals surface area (Å²) in [5, 5.41) is 6.67. The molecule has 0 unspecified atom stereocenters. The van der Waals surface area contributed by atoms with Crippen molar-refractivity contribution >= 4 is 27.8 Å². The number of anilines is 1. The van der Waals surface area contributed by atoms with Gasteiger partial charge in [-0.3, -0.25) is 9.36 Å². The molecule has 4 rings (SSSR count). The minimum Gasteiger partial charge on any atom is -0.348 e. The van der Waals surface area contributed by atoms with Crippen molar-refractivity contribution in [3.63, 3.8) is 0 Å². The molecule has 0 radical (unpaired) electrons. The van der Waals surface area contributed by atoms with Crippen LogP contribution in [0.2, 0.25) is 0 Å². The Bertz CT molecular complexity index is 1240. The third-order valence-corrected chi connectivity index (χ3v) is 4.97. The van der Waals surface area contributed by atoms with Crippen LogP contribution in [-0.4, -0.2) is 14.5 Å². The van der Waals surface area contributed by atoms with E-state index in [1.165, 1.54) is 10.8 Å². The summed E-state index contributed by atoms with van der Waals surface area (Å²) >= 11 is 0. The van der Waals surface area contributed by atoms with Crippen molar-refractivity contribution in [3.05, 3.63) is 76.7 Å². The molecule has 148 valence electrons. The van der Waals surface area contributed by atoms with Gasteiger partial charge in [-0.2, -0.15) is 4.98 Å². The van der Waals surface area contributed by atoms with Crippen LogP contribution in [0.15, 0.2) is 65.6 Å². The summed E-state index contributed by atoms with van der Waals surface area (Å²) in [4.78, 5) is 21.6. The Morgan fingerprint density at radius 1 is 1.00 bits per heavy atom. The third kappa shape index (κ3) is 4.14. The second-order valence-corrected chi connectivity index (χ2v) is 8.76. The normalized spacial score (nSPS) is 13.0. The molecule has 5 nitrogen and oxygen atoms in total. The average molecular weight is 386 g/mol. The zero-order chi connectivity index (χ0) is 20.6. The standard InChI is InChI=1S/C24H26N4O/c1-16(18-10-9-17-7-5-6-8-19(17)13-18)26-23-25-14-20-11-12-21(29)28(22(20)27-23)15-24(2,3)4/h5-14,16H,15H2,1-4H3,(H,25,26,27)/t16-/m0/s1. The van der Waals surface area contributed by atoms with E-state index < -0.39 is 0 Å². The van der Waals surface area contributed by atoms with Gasteiger partial charge in [0.2, 0.25) is 5.95 Å². The van der Waals surface area contributed by atoms with Gasteiger partial charge in [-0.25, -0.2) is 4.98 Å². The zero-order valence-corrected chi connectivity index (χ0v) is 17.3. The summed E-state index contributed by atoms with van der Waals surface area (Å²) in [6.07, 6.45) is 1.77. The van der Waals surface area contributed by atoms with Crippen molar-refractivity contribution in [2.75, 3.05) is 5.32 Å². The summed E-state index contributed by atoms with van der Waals surface area (Å²) in [7, 11) is 0. The number of fused-ring (bicyclic) bond motifs is 2. The smallest absolute Gasteiger partial charge is 0.252 e. The van der Waals surface area contributed by atoms with Crippen LogP contribution in [0.3, 0.4) is 0 Å². The first-order chi connectivity index (χ1) is 13.8. The van der Waals surface area contributed by atoms with E-state index >= 15 is 0 Å². The highest BCUT2D eigenvalue weighted by molar-refractivity contribution is 5.83. The monoisotopic (exact) mass is 386 g/mol. The van der Waals surface area contributed by atoms with Crippen LogP contribution >= 0.6 is 0 Å². The molecule has 0 bridgehead atoms. The average Bonchev–Trinajstić information content (AvgIpc) is 2.69. The van der Waals surface area contributed by atoms with Gasteiger partial charge in [0, 0.05) is 24.2 Å². The Morgan fingerprint density at radius 3 is 2.48 bits per heavy atom. The topological polar surface area (TPSA) is 59.8 Å². The first-order valence-electron chi connectivity index (χ1n) is 9.92. The highest BCUT2D eigenvalue weighted by Gasteiger charge is 2.16. The Kier molecular flexibility index (Phi) is 4.82. The molecule has 0 aliphatic heterocycles. The van der Waals surface area contributed by atoms with Gasteiger partial charge >= 0.3 is 0 Å². The Labute approximate surface area is 170 Å². The molecule has 2 aromatic heterocycles. The zero-order valence-electron chi connectivity index (χ0n) is 17.3. The van der Waals surface area contributed by atoms with Crippen LogP contribution in [0.25, 0.3) is 21.8 Å². The number of aromatic nitrogens is 3. The van der Waals surface area contributed by atoms with Gasteiger partial charge in [0.15, 0.2) is 0 Å². The van der Waals surface area contributed by atoms with E-state index in [9.17, 15) is 4.79 Å². The highest BCUT2D eigenvalue weighted by Crippen LogP contribution is 2.23. The second kappa shape index (κ2) is 7.32. The predicted octanol–water partition coefficient (Wildman–Crippen LogP) is 5.16.